The van der Waals surface area contributed by atoms with Gasteiger partial charge in [0.25, 0.3) is 0 Å². The lowest BCUT2D eigenvalue weighted by atomic mass is 9.99. The van der Waals surface area contributed by atoms with Crippen molar-refractivity contribution < 1.29 is 33.0 Å². The van der Waals surface area contributed by atoms with Crippen LogP contribution < -0.4 is 15.3 Å². The van der Waals surface area contributed by atoms with Crippen molar-refractivity contribution in [2.24, 2.45) is 0 Å². The third-order valence-electron chi connectivity index (χ3n) is 5.91. The summed E-state index contributed by atoms with van der Waals surface area (Å²) < 4.78 is 38.1. The van der Waals surface area contributed by atoms with Crippen molar-refractivity contribution in [2.75, 3.05) is 12.3 Å². The van der Waals surface area contributed by atoms with E-state index < -0.39 is 44.3 Å². The Morgan fingerprint density at radius 2 is 2.08 bits per heavy atom. The van der Waals surface area contributed by atoms with Gasteiger partial charge >= 0.3 is 13.7 Å². The van der Waals surface area contributed by atoms with E-state index in [2.05, 4.69) is 21.0 Å². The summed E-state index contributed by atoms with van der Waals surface area (Å²) in [6.45, 7) is 4.30. The summed E-state index contributed by atoms with van der Waals surface area (Å²) in [6, 6.07) is 8.87. The molecule has 1 fully saturated rings. The molecule has 1 aliphatic heterocycles. The van der Waals surface area contributed by atoms with Crippen molar-refractivity contribution in [1.82, 2.24) is 19.6 Å². The SMILES string of the molecule is C#C[C@]1(CO[P@@](=O)(N[C@@H](C)C(=O)OC(C)C)Oc2ccccc2)O[C@@H](n2ccc3c(N)nc(Cl)nc32)C[C@@H]1O. The molecule has 0 bridgehead atoms. The molecule has 5 atom stereocenters. The third-order valence-corrected chi connectivity index (χ3v) is 7.71. The number of fused-ring (bicyclic) bond motifs is 1. The minimum atomic E-state index is -4.26. The quantitative estimate of drug-likeness (QED) is 0.140. The normalized spacial score (nSPS) is 23.3. The second kappa shape index (κ2) is 11.5. The maximum atomic E-state index is 13.8. The molecular weight excluding hydrogens is 549 g/mol. The largest absolute Gasteiger partial charge is 0.462 e. The van der Waals surface area contributed by atoms with E-state index in [4.69, 9.17) is 42.3 Å². The van der Waals surface area contributed by atoms with Crippen molar-refractivity contribution in [3.63, 3.8) is 0 Å². The molecule has 0 amide bonds. The monoisotopic (exact) mass is 577 g/mol. The highest BCUT2D eigenvalue weighted by molar-refractivity contribution is 7.52. The minimum Gasteiger partial charge on any atom is -0.462 e. The van der Waals surface area contributed by atoms with Crippen LogP contribution in [-0.4, -0.2) is 56.1 Å². The molecule has 1 aliphatic rings. The minimum absolute atomic E-state index is 0.0489. The number of nitrogens with one attached hydrogen (secondary N) is 1. The van der Waals surface area contributed by atoms with Gasteiger partial charge in [-0.15, -0.1) is 6.42 Å². The van der Waals surface area contributed by atoms with Gasteiger partial charge in [0, 0.05) is 12.6 Å². The third kappa shape index (κ3) is 6.36. The van der Waals surface area contributed by atoms with E-state index in [1.165, 1.54) is 6.92 Å². The van der Waals surface area contributed by atoms with E-state index in [0.717, 1.165) is 0 Å². The predicted molar refractivity (Wildman–Crippen MR) is 144 cm³/mol. The van der Waals surface area contributed by atoms with E-state index >= 15 is 0 Å². The lowest BCUT2D eigenvalue weighted by molar-refractivity contribution is -0.149. The number of aromatic nitrogens is 3. The van der Waals surface area contributed by atoms with Crippen LogP contribution in [0.15, 0.2) is 42.6 Å². The number of rotatable bonds is 10. The second-order valence-corrected chi connectivity index (χ2v) is 11.2. The summed E-state index contributed by atoms with van der Waals surface area (Å²) in [5, 5.41) is 14.0. The first-order valence-electron chi connectivity index (χ1n) is 12.1. The number of nitrogen functional groups attached to an aromatic ring is 1. The van der Waals surface area contributed by atoms with Crippen LogP contribution in [0.5, 0.6) is 5.75 Å². The summed E-state index contributed by atoms with van der Waals surface area (Å²) in [7, 11) is -4.26. The van der Waals surface area contributed by atoms with Gasteiger partial charge in [-0.05, 0) is 50.6 Å². The van der Waals surface area contributed by atoms with E-state index in [0.29, 0.717) is 11.0 Å². The van der Waals surface area contributed by atoms with Gasteiger partial charge in [-0.25, -0.2) is 9.55 Å². The molecule has 208 valence electrons. The highest BCUT2D eigenvalue weighted by atomic mass is 35.5. The molecule has 0 radical (unpaired) electrons. The lowest BCUT2D eigenvalue weighted by Gasteiger charge is -2.29. The predicted octanol–water partition coefficient (Wildman–Crippen LogP) is 3.45. The fraction of sp³-hybridized carbons (Fsp3) is 0.400. The molecule has 3 heterocycles. The Morgan fingerprint density at radius 1 is 1.36 bits per heavy atom. The number of anilines is 1. The zero-order valence-electron chi connectivity index (χ0n) is 21.5. The molecule has 14 heteroatoms. The van der Waals surface area contributed by atoms with E-state index in [1.54, 1.807) is 61.0 Å². The summed E-state index contributed by atoms with van der Waals surface area (Å²) in [4.78, 5) is 20.6. The molecule has 3 aromatic rings. The second-order valence-electron chi connectivity index (χ2n) is 9.21. The average Bonchev–Trinajstić information content (AvgIpc) is 3.44. The summed E-state index contributed by atoms with van der Waals surface area (Å²) in [5.41, 5.74) is 4.61. The van der Waals surface area contributed by atoms with Crippen molar-refractivity contribution in [2.45, 2.75) is 57.3 Å². The number of halogens is 1. The lowest BCUT2D eigenvalue weighted by Crippen LogP contribution is -2.44. The highest BCUT2D eigenvalue weighted by Gasteiger charge is 2.50. The van der Waals surface area contributed by atoms with Crippen molar-refractivity contribution >= 4 is 42.2 Å². The van der Waals surface area contributed by atoms with E-state index in [-0.39, 0.29) is 29.4 Å². The number of hydrogen-bond donors (Lipinski definition) is 3. The maximum absolute atomic E-state index is 13.8. The molecule has 0 spiro atoms. The van der Waals surface area contributed by atoms with Gasteiger partial charge in [0.2, 0.25) is 5.28 Å². The van der Waals surface area contributed by atoms with Crippen LogP contribution in [-0.2, 0) is 23.4 Å². The van der Waals surface area contributed by atoms with E-state index in [9.17, 15) is 14.5 Å². The number of esters is 1. The van der Waals surface area contributed by atoms with Crippen LogP contribution in [0.1, 0.15) is 33.4 Å². The number of nitrogens with two attached hydrogens (primary N) is 1. The number of benzene rings is 1. The number of carbonyl (C=O) groups excluding carboxylic acids is 1. The Hall–Kier alpha value is -3.17. The van der Waals surface area contributed by atoms with Crippen molar-refractivity contribution in [3.8, 4) is 18.1 Å². The van der Waals surface area contributed by atoms with Crippen molar-refractivity contribution in [3.05, 3.63) is 47.9 Å². The topological polar surface area (TPSA) is 160 Å². The molecule has 1 aromatic carbocycles. The Morgan fingerprint density at radius 3 is 2.74 bits per heavy atom. The molecule has 0 saturated carbocycles. The van der Waals surface area contributed by atoms with Gasteiger partial charge in [0.15, 0.2) is 5.60 Å². The van der Waals surface area contributed by atoms with Crippen LogP contribution in [0.3, 0.4) is 0 Å². The molecule has 0 aliphatic carbocycles. The van der Waals surface area contributed by atoms with Gasteiger partial charge in [-0.1, -0.05) is 24.1 Å². The Bertz CT molecular complexity index is 1430. The standard InChI is InChI=1S/C25H29ClN5O7P/c1-5-25(19(32)13-20(37-25)31-12-11-18-21(27)28-24(26)29-22(18)31)14-35-39(34,38-17-9-7-6-8-10-17)30-16(4)23(33)36-15(2)3/h1,6-12,15-16,19-20,32H,13-14H2,2-4H3,(H,30,34)(H2,27,28,29)/t16-,19-,20+,25+,39-/m0/s1. The van der Waals surface area contributed by atoms with Crippen LogP contribution in [0.25, 0.3) is 11.0 Å². The van der Waals surface area contributed by atoms with Gasteiger partial charge in [0.1, 0.15) is 42.2 Å². The number of para-hydroxylation sites is 1. The summed E-state index contributed by atoms with van der Waals surface area (Å²) in [5.74, 6) is 2.18. The molecule has 39 heavy (non-hydrogen) atoms. The number of aliphatic hydroxyl groups is 1. The molecule has 1 saturated heterocycles. The zero-order valence-corrected chi connectivity index (χ0v) is 23.1. The van der Waals surface area contributed by atoms with Crippen LogP contribution in [0, 0.1) is 12.3 Å². The number of carbonyl (C=O) groups is 1. The van der Waals surface area contributed by atoms with Gasteiger partial charge in [-0.3, -0.25) is 9.32 Å². The summed E-state index contributed by atoms with van der Waals surface area (Å²) in [6.07, 6.45) is 5.11. The number of hydrogen-bond acceptors (Lipinski definition) is 10. The first-order chi connectivity index (χ1) is 18.4. The first-order valence-corrected chi connectivity index (χ1v) is 14.0. The molecule has 4 N–H and O–H groups in total. The average molecular weight is 578 g/mol. The molecular formula is C25H29ClN5O7P. The number of terminal acetylenes is 1. The molecule has 0 unspecified atom stereocenters. The van der Waals surface area contributed by atoms with Gasteiger partial charge < -0.3 is 29.4 Å². The van der Waals surface area contributed by atoms with Crippen LogP contribution in [0.4, 0.5) is 5.82 Å². The maximum Gasteiger partial charge on any atom is 0.459 e. The molecule has 12 nitrogen and oxygen atoms in total. The Labute approximate surface area is 230 Å². The first kappa shape index (κ1) is 28.8. The van der Waals surface area contributed by atoms with Gasteiger partial charge in [0.05, 0.1) is 11.5 Å². The number of ether oxygens (including phenoxy) is 2. The fourth-order valence-corrected chi connectivity index (χ4v) is 5.69. The fourth-order valence-electron chi connectivity index (χ4n) is 4.00. The number of aliphatic hydroxyl groups excluding tert-OH is 1. The number of nitrogens with zero attached hydrogens (tertiary/aromatic N) is 3. The zero-order chi connectivity index (χ0) is 28.4. The smallest absolute Gasteiger partial charge is 0.459 e. The molecule has 2 aromatic heterocycles. The summed E-state index contributed by atoms with van der Waals surface area (Å²) >= 11 is 5.99. The Kier molecular flexibility index (Phi) is 8.51. The van der Waals surface area contributed by atoms with Crippen LogP contribution in [0.2, 0.25) is 5.28 Å². The Balaban J connectivity index is 1.57. The molecule has 4 rings (SSSR count). The highest BCUT2D eigenvalue weighted by Crippen LogP contribution is 2.48. The van der Waals surface area contributed by atoms with Crippen LogP contribution >= 0.6 is 19.3 Å². The van der Waals surface area contributed by atoms with E-state index in [1.807, 2.05) is 0 Å². The van der Waals surface area contributed by atoms with Gasteiger partial charge in [-0.2, -0.15) is 10.1 Å². The van der Waals surface area contributed by atoms with Crippen molar-refractivity contribution in [1.29, 1.82) is 0 Å².